The van der Waals surface area contributed by atoms with Crippen molar-refractivity contribution in [2.75, 3.05) is 0 Å². The SMILES string of the molecule is NCc1cncn1-c1ccc(Cl)cc1F. The number of hydrogen-bond acceptors (Lipinski definition) is 2. The second kappa shape index (κ2) is 4.00. The molecule has 5 heteroatoms. The van der Waals surface area contributed by atoms with Gasteiger partial charge in [0.15, 0.2) is 0 Å². The maximum absolute atomic E-state index is 13.6. The van der Waals surface area contributed by atoms with Gasteiger partial charge in [-0.2, -0.15) is 0 Å². The molecule has 0 atom stereocenters. The summed E-state index contributed by atoms with van der Waals surface area (Å²) < 4.78 is 15.2. The van der Waals surface area contributed by atoms with Gasteiger partial charge in [0, 0.05) is 17.8 Å². The van der Waals surface area contributed by atoms with Crippen LogP contribution in [0.25, 0.3) is 5.69 Å². The lowest BCUT2D eigenvalue weighted by molar-refractivity contribution is 0.616. The molecule has 0 amide bonds. The summed E-state index contributed by atoms with van der Waals surface area (Å²) in [7, 11) is 0. The van der Waals surface area contributed by atoms with Crippen LogP contribution in [0.3, 0.4) is 0 Å². The molecule has 0 unspecified atom stereocenters. The first kappa shape index (κ1) is 10.1. The van der Waals surface area contributed by atoms with Crippen molar-refractivity contribution in [3.8, 4) is 5.69 Å². The van der Waals surface area contributed by atoms with E-state index in [1.54, 1.807) is 22.9 Å². The fraction of sp³-hybridized carbons (Fsp3) is 0.100. The monoisotopic (exact) mass is 225 g/mol. The van der Waals surface area contributed by atoms with Crippen molar-refractivity contribution in [3.63, 3.8) is 0 Å². The molecule has 0 spiro atoms. The summed E-state index contributed by atoms with van der Waals surface area (Å²) >= 11 is 5.66. The lowest BCUT2D eigenvalue weighted by atomic mass is 10.3. The third kappa shape index (κ3) is 1.86. The molecule has 2 N–H and O–H groups in total. The van der Waals surface area contributed by atoms with Crippen molar-refractivity contribution in [3.05, 3.63) is 47.3 Å². The molecule has 0 saturated heterocycles. The minimum atomic E-state index is -0.393. The summed E-state index contributed by atoms with van der Waals surface area (Å²) in [6, 6.07) is 4.48. The van der Waals surface area contributed by atoms with E-state index in [9.17, 15) is 4.39 Å². The van der Waals surface area contributed by atoms with Crippen LogP contribution in [-0.4, -0.2) is 9.55 Å². The minimum absolute atomic E-state index is 0.308. The van der Waals surface area contributed by atoms with Crippen molar-refractivity contribution in [2.24, 2.45) is 5.73 Å². The molecule has 0 radical (unpaired) electrons. The normalized spacial score (nSPS) is 10.6. The molecule has 1 heterocycles. The number of halogens is 2. The van der Waals surface area contributed by atoms with E-state index in [1.165, 1.54) is 12.4 Å². The topological polar surface area (TPSA) is 43.8 Å². The number of hydrogen-bond donors (Lipinski definition) is 1. The lowest BCUT2D eigenvalue weighted by Gasteiger charge is -2.07. The molecule has 0 aliphatic carbocycles. The van der Waals surface area contributed by atoms with Gasteiger partial charge in [0.05, 0.1) is 17.7 Å². The van der Waals surface area contributed by atoms with E-state index >= 15 is 0 Å². The zero-order chi connectivity index (χ0) is 10.8. The fourth-order valence-corrected chi connectivity index (χ4v) is 1.53. The number of nitrogens with two attached hydrogens (primary N) is 1. The summed E-state index contributed by atoms with van der Waals surface area (Å²) in [4.78, 5) is 3.92. The Balaban J connectivity index is 2.54. The van der Waals surface area contributed by atoms with Gasteiger partial charge in [0.2, 0.25) is 0 Å². The highest BCUT2D eigenvalue weighted by Crippen LogP contribution is 2.19. The van der Waals surface area contributed by atoms with Crippen LogP contribution in [0.15, 0.2) is 30.7 Å². The van der Waals surface area contributed by atoms with Crippen LogP contribution in [-0.2, 0) is 6.54 Å². The van der Waals surface area contributed by atoms with Gasteiger partial charge in [-0.05, 0) is 18.2 Å². The molecule has 1 aromatic heterocycles. The molecule has 1 aromatic carbocycles. The van der Waals surface area contributed by atoms with Crippen LogP contribution in [0.5, 0.6) is 0 Å². The Morgan fingerprint density at radius 3 is 2.93 bits per heavy atom. The van der Waals surface area contributed by atoms with Crippen molar-refractivity contribution >= 4 is 11.6 Å². The predicted octanol–water partition coefficient (Wildman–Crippen LogP) is 2.12. The molecule has 15 heavy (non-hydrogen) atoms. The van der Waals surface area contributed by atoms with Crippen LogP contribution in [0.4, 0.5) is 4.39 Å². The molecule has 78 valence electrons. The van der Waals surface area contributed by atoms with Gasteiger partial charge in [-0.3, -0.25) is 4.57 Å². The molecule has 0 aliphatic rings. The van der Waals surface area contributed by atoms with Crippen molar-refractivity contribution in [1.82, 2.24) is 9.55 Å². The molecule has 2 aromatic rings. The molecular weight excluding hydrogens is 217 g/mol. The molecular formula is C10H9ClFN3. The van der Waals surface area contributed by atoms with Gasteiger partial charge in [-0.15, -0.1) is 0 Å². The van der Waals surface area contributed by atoms with E-state index in [4.69, 9.17) is 17.3 Å². The van der Waals surface area contributed by atoms with Crippen LogP contribution in [0.1, 0.15) is 5.69 Å². The smallest absolute Gasteiger partial charge is 0.148 e. The average Bonchev–Trinajstić information content (AvgIpc) is 2.65. The minimum Gasteiger partial charge on any atom is -0.325 e. The highest BCUT2D eigenvalue weighted by Gasteiger charge is 2.08. The van der Waals surface area contributed by atoms with Gasteiger partial charge in [-0.25, -0.2) is 9.37 Å². The molecule has 0 aliphatic heterocycles. The van der Waals surface area contributed by atoms with E-state index in [2.05, 4.69) is 4.98 Å². The maximum Gasteiger partial charge on any atom is 0.148 e. The fourth-order valence-electron chi connectivity index (χ4n) is 1.37. The number of rotatable bonds is 2. The molecule has 3 nitrogen and oxygen atoms in total. The first-order valence-electron chi connectivity index (χ1n) is 4.39. The van der Waals surface area contributed by atoms with Crippen LogP contribution < -0.4 is 5.73 Å². The Morgan fingerprint density at radius 2 is 2.27 bits per heavy atom. The maximum atomic E-state index is 13.6. The first-order valence-corrected chi connectivity index (χ1v) is 4.77. The number of imidazole rings is 1. The van der Waals surface area contributed by atoms with Gasteiger partial charge < -0.3 is 5.73 Å². The predicted molar refractivity (Wildman–Crippen MR) is 56.4 cm³/mol. The molecule has 0 bridgehead atoms. The second-order valence-electron chi connectivity index (χ2n) is 3.05. The summed E-state index contributed by atoms with van der Waals surface area (Å²) in [6.45, 7) is 0.308. The van der Waals surface area contributed by atoms with Crippen LogP contribution in [0, 0.1) is 5.82 Å². The summed E-state index contributed by atoms with van der Waals surface area (Å²) in [6.07, 6.45) is 3.13. The van der Waals surface area contributed by atoms with Crippen LogP contribution in [0.2, 0.25) is 5.02 Å². The second-order valence-corrected chi connectivity index (χ2v) is 3.49. The number of nitrogens with zero attached hydrogens (tertiary/aromatic N) is 2. The average molecular weight is 226 g/mol. The van der Waals surface area contributed by atoms with E-state index in [0.29, 0.717) is 17.3 Å². The molecule has 2 rings (SSSR count). The molecule has 0 fully saturated rings. The zero-order valence-electron chi connectivity index (χ0n) is 7.82. The quantitative estimate of drug-likeness (QED) is 0.851. The van der Waals surface area contributed by atoms with Gasteiger partial charge in [0.25, 0.3) is 0 Å². The highest BCUT2D eigenvalue weighted by molar-refractivity contribution is 6.30. The van der Waals surface area contributed by atoms with Gasteiger partial charge in [0.1, 0.15) is 5.82 Å². The van der Waals surface area contributed by atoms with E-state index in [0.717, 1.165) is 5.69 Å². The molecule has 0 saturated carbocycles. The van der Waals surface area contributed by atoms with E-state index < -0.39 is 5.82 Å². The Kier molecular flexibility index (Phi) is 2.70. The number of benzene rings is 1. The van der Waals surface area contributed by atoms with Crippen molar-refractivity contribution < 1.29 is 4.39 Å². The van der Waals surface area contributed by atoms with Crippen molar-refractivity contribution in [2.45, 2.75) is 6.54 Å². The lowest BCUT2D eigenvalue weighted by Crippen LogP contribution is -2.05. The summed E-state index contributed by atoms with van der Waals surface area (Å²) in [5.41, 5.74) is 6.65. The highest BCUT2D eigenvalue weighted by atomic mass is 35.5. The summed E-state index contributed by atoms with van der Waals surface area (Å²) in [5, 5.41) is 0.366. The van der Waals surface area contributed by atoms with Gasteiger partial charge in [-0.1, -0.05) is 11.6 Å². The Bertz CT molecular complexity index is 481. The third-order valence-electron chi connectivity index (χ3n) is 2.09. The Hall–Kier alpha value is -1.39. The third-order valence-corrected chi connectivity index (χ3v) is 2.33. The first-order chi connectivity index (χ1) is 7.22. The van der Waals surface area contributed by atoms with E-state index in [1.807, 2.05) is 0 Å². The van der Waals surface area contributed by atoms with Gasteiger partial charge >= 0.3 is 0 Å². The van der Waals surface area contributed by atoms with E-state index in [-0.39, 0.29) is 0 Å². The number of aromatic nitrogens is 2. The Morgan fingerprint density at radius 1 is 1.47 bits per heavy atom. The zero-order valence-corrected chi connectivity index (χ0v) is 8.58. The van der Waals surface area contributed by atoms with Crippen LogP contribution >= 0.6 is 11.6 Å². The standard InChI is InChI=1S/C10H9ClFN3/c11-7-1-2-10(9(12)3-7)15-6-14-5-8(15)4-13/h1-3,5-6H,4,13H2. The largest absolute Gasteiger partial charge is 0.325 e. The Labute approximate surface area is 91.3 Å². The van der Waals surface area contributed by atoms with Crippen molar-refractivity contribution in [1.29, 1.82) is 0 Å². The summed E-state index contributed by atoms with van der Waals surface area (Å²) in [5.74, 6) is -0.393.